The van der Waals surface area contributed by atoms with Crippen molar-refractivity contribution in [3.05, 3.63) is 23.3 Å². The summed E-state index contributed by atoms with van der Waals surface area (Å²) in [6, 6.07) is 0. The molecular weight excluding hydrogens is 608 g/mol. The molecule has 5 rings (SSSR count). The van der Waals surface area contributed by atoms with Crippen molar-refractivity contribution in [3.8, 4) is 0 Å². The van der Waals surface area contributed by atoms with Crippen LogP contribution >= 0.6 is 0 Å². The maximum Gasteiger partial charge on any atom is 0.187 e. The van der Waals surface area contributed by atoms with Crippen LogP contribution in [0, 0.1) is 39.4 Å². The second kappa shape index (κ2) is 12.1. The molecule has 15 atom stereocenters. The zero-order chi connectivity index (χ0) is 35.2. The molecule has 5 aliphatic rings. The van der Waals surface area contributed by atoms with Crippen LogP contribution < -0.4 is 0 Å². The number of carbonyl (C=O) groups is 2. The van der Waals surface area contributed by atoms with Crippen LogP contribution in [0.15, 0.2) is 23.3 Å². The van der Waals surface area contributed by atoms with Crippen molar-refractivity contribution in [2.75, 3.05) is 6.61 Å². The molecule has 47 heavy (non-hydrogen) atoms. The van der Waals surface area contributed by atoms with Crippen LogP contribution in [0.25, 0.3) is 0 Å². The lowest BCUT2D eigenvalue weighted by atomic mass is 9.38. The summed E-state index contributed by atoms with van der Waals surface area (Å²) in [5, 5.41) is 75.7. The number of ketones is 2. The van der Waals surface area contributed by atoms with Gasteiger partial charge in [0.2, 0.25) is 0 Å². The Kier molecular flexibility index (Phi) is 9.42. The van der Waals surface area contributed by atoms with Crippen LogP contribution in [0.1, 0.15) is 87.5 Å². The Balaban J connectivity index is 1.50. The smallest absolute Gasteiger partial charge is 0.187 e. The van der Waals surface area contributed by atoms with Crippen molar-refractivity contribution in [1.82, 2.24) is 0 Å². The van der Waals surface area contributed by atoms with E-state index >= 15 is 0 Å². The zero-order valence-corrected chi connectivity index (χ0v) is 29.0. The predicted molar refractivity (Wildman–Crippen MR) is 170 cm³/mol. The van der Waals surface area contributed by atoms with Crippen LogP contribution in [-0.4, -0.2) is 109 Å². The number of hydrogen-bond donors (Lipinski definition) is 7. The number of carbonyl (C=O) groups excluding carboxylic acids is 2. The molecule has 266 valence electrons. The largest absolute Gasteiger partial charge is 0.394 e. The molecule has 0 aromatic heterocycles. The van der Waals surface area contributed by atoms with Crippen LogP contribution in [0.4, 0.5) is 0 Å². The number of rotatable bonds is 7. The number of fused-ring (bicyclic) bond motifs is 5. The third-order valence-corrected chi connectivity index (χ3v) is 13.6. The van der Waals surface area contributed by atoms with Gasteiger partial charge in [-0.3, -0.25) is 9.59 Å². The number of ether oxygens (including phenoxy) is 2. The first-order valence-electron chi connectivity index (χ1n) is 17.1. The van der Waals surface area contributed by atoms with Crippen LogP contribution in [0.2, 0.25) is 0 Å². The van der Waals surface area contributed by atoms with Gasteiger partial charge in [0.1, 0.15) is 36.3 Å². The van der Waals surface area contributed by atoms with Crippen molar-refractivity contribution in [2.45, 2.75) is 142 Å². The highest BCUT2D eigenvalue weighted by molar-refractivity contribution is 5.94. The van der Waals surface area contributed by atoms with Gasteiger partial charge in [-0.15, -0.1) is 0 Å². The van der Waals surface area contributed by atoms with Gasteiger partial charge in [0, 0.05) is 23.2 Å². The number of aliphatic hydroxyl groups is 7. The van der Waals surface area contributed by atoms with Gasteiger partial charge in [-0.05, 0) is 83.0 Å². The fourth-order valence-electron chi connectivity index (χ4n) is 10.7. The second-order valence-electron chi connectivity index (χ2n) is 16.8. The van der Waals surface area contributed by atoms with E-state index in [0.29, 0.717) is 12.8 Å². The van der Waals surface area contributed by atoms with Crippen molar-refractivity contribution in [2.24, 2.45) is 39.4 Å². The number of allylic oxidation sites excluding steroid dienone is 3. The predicted octanol–water partition coefficient (Wildman–Crippen LogP) is 1.57. The summed E-state index contributed by atoms with van der Waals surface area (Å²) >= 11 is 0. The van der Waals surface area contributed by atoms with E-state index in [0.717, 1.165) is 11.1 Å². The van der Waals surface area contributed by atoms with E-state index in [4.69, 9.17) is 9.47 Å². The van der Waals surface area contributed by atoms with Gasteiger partial charge in [0.25, 0.3) is 0 Å². The summed E-state index contributed by atoms with van der Waals surface area (Å²) in [6.45, 7) is 14.3. The number of aliphatic hydroxyl groups excluding tert-OH is 6. The standard InChI is InChI=1S/C36H56O11/c1-17(2)9-12-24(39)36(8,45)29-20(38)14-33(5)23-11-10-18-19(35(23,7)25(40)15-34(29,33)6)13-21(30(44)32(18,3)4)46-31-28(43)27(42)26(41)22(16-37)47-31/h9-10,19-24,26-29,31,37-39,41-43,45H,11-16H2,1-8H3/t19-,20-,21+,22-,23+,24+,26-,27+,28-,29+,31-,33+,34-,35+,36+/m1/s1. The minimum atomic E-state index is -1.68. The van der Waals surface area contributed by atoms with Gasteiger partial charge in [0.05, 0.1) is 24.4 Å². The highest BCUT2D eigenvalue weighted by Crippen LogP contribution is 2.74. The van der Waals surface area contributed by atoms with E-state index in [1.165, 1.54) is 0 Å². The van der Waals surface area contributed by atoms with Crippen LogP contribution in [0.3, 0.4) is 0 Å². The SMILES string of the molecule is CC(C)=CC[C@H](O)[C@](C)(O)[C@H]1[C@H](O)C[C@@]2(C)[C@@H]3CC=C4[C@@H](C[C@H](O[C@@H]5O[C@H](CO)[C@@H](O)[C@H](O)[C@H]5O)C(=O)C4(C)C)[C@]3(C)C(=O)C[C@]12C. The molecule has 4 fully saturated rings. The van der Waals surface area contributed by atoms with Gasteiger partial charge in [-0.25, -0.2) is 0 Å². The summed E-state index contributed by atoms with van der Waals surface area (Å²) in [7, 11) is 0. The van der Waals surface area contributed by atoms with E-state index in [9.17, 15) is 45.3 Å². The van der Waals surface area contributed by atoms with Gasteiger partial charge >= 0.3 is 0 Å². The summed E-state index contributed by atoms with van der Waals surface area (Å²) in [5.74, 6) is -1.78. The normalized spacial score (nSPS) is 48.0. The van der Waals surface area contributed by atoms with E-state index in [1.807, 2.05) is 33.8 Å². The topological polar surface area (TPSA) is 194 Å². The van der Waals surface area contributed by atoms with Crippen LogP contribution in [0.5, 0.6) is 0 Å². The lowest BCUT2D eigenvalue weighted by Crippen LogP contribution is -2.66. The molecule has 0 aromatic carbocycles. The Morgan fingerprint density at radius 2 is 1.70 bits per heavy atom. The fraction of sp³-hybridized carbons (Fsp3) is 0.833. The molecule has 0 amide bonds. The van der Waals surface area contributed by atoms with Gasteiger partial charge in [0.15, 0.2) is 12.1 Å². The lowest BCUT2D eigenvalue weighted by molar-refractivity contribution is -0.311. The van der Waals surface area contributed by atoms with E-state index in [1.54, 1.807) is 20.8 Å². The van der Waals surface area contributed by atoms with E-state index < -0.39 is 94.7 Å². The quantitative estimate of drug-likeness (QED) is 0.195. The first-order chi connectivity index (χ1) is 21.6. The molecule has 7 N–H and O–H groups in total. The molecule has 11 nitrogen and oxygen atoms in total. The highest BCUT2D eigenvalue weighted by Gasteiger charge is 2.74. The molecule has 0 unspecified atom stereocenters. The molecule has 0 radical (unpaired) electrons. The maximum atomic E-state index is 14.7. The summed E-state index contributed by atoms with van der Waals surface area (Å²) in [4.78, 5) is 28.7. The number of hydrogen-bond acceptors (Lipinski definition) is 11. The maximum absolute atomic E-state index is 14.7. The third-order valence-electron chi connectivity index (χ3n) is 13.6. The molecule has 0 bridgehead atoms. The van der Waals surface area contributed by atoms with Crippen LogP contribution in [-0.2, 0) is 19.1 Å². The average molecular weight is 665 g/mol. The first kappa shape index (κ1) is 36.7. The third kappa shape index (κ3) is 5.26. The summed E-state index contributed by atoms with van der Waals surface area (Å²) < 4.78 is 11.7. The summed E-state index contributed by atoms with van der Waals surface area (Å²) in [5.41, 5.74) is -3.30. The zero-order valence-electron chi connectivity index (χ0n) is 29.0. The molecule has 1 saturated heterocycles. The van der Waals surface area contributed by atoms with E-state index in [2.05, 4.69) is 13.0 Å². The fourth-order valence-corrected chi connectivity index (χ4v) is 10.7. The van der Waals surface area contributed by atoms with Crippen molar-refractivity contribution in [3.63, 3.8) is 0 Å². The Hall–Kier alpha value is -1.54. The van der Waals surface area contributed by atoms with Crippen molar-refractivity contribution >= 4 is 11.6 Å². The molecule has 1 heterocycles. The first-order valence-corrected chi connectivity index (χ1v) is 17.1. The molecule has 11 heteroatoms. The Morgan fingerprint density at radius 1 is 1.06 bits per heavy atom. The molecule has 0 spiro atoms. The van der Waals surface area contributed by atoms with Gasteiger partial charge in [-0.2, -0.15) is 0 Å². The molecule has 3 saturated carbocycles. The lowest BCUT2D eigenvalue weighted by Gasteiger charge is -2.64. The molecule has 0 aromatic rings. The Labute approximate surface area is 277 Å². The van der Waals surface area contributed by atoms with Crippen molar-refractivity contribution in [1.29, 1.82) is 0 Å². The van der Waals surface area contributed by atoms with Gasteiger partial charge in [-0.1, -0.05) is 44.1 Å². The Morgan fingerprint density at radius 3 is 2.30 bits per heavy atom. The Bertz CT molecular complexity index is 1320. The monoisotopic (exact) mass is 664 g/mol. The molecule has 4 aliphatic carbocycles. The molecular formula is C36H56O11. The minimum Gasteiger partial charge on any atom is -0.394 e. The minimum absolute atomic E-state index is 0.0384. The van der Waals surface area contributed by atoms with E-state index in [-0.39, 0.29) is 36.7 Å². The van der Waals surface area contributed by atoms with Gasteiger partial charge < -0.3 is 45.2 Å². The number of Topliss-reactive ketones (excluding diaryl/α,β-unsaturated/α-hetero) is 2. The second-order valence-corrected chi connectivity index (χ2v) is 16.8. The summed E-state index contributed by atoms with van der Waals surface area (Å²) in [6.07, 6.45) is -5.71. The van der Waals surface area contributed by atoms with Crippen molar-refractivity contribution < 1.29 is 54.8 Å². The average Bonchev–Trinajstić information content (AvgIpc) is 3.19. The molecule has 1 aliphatic heterocycles. The highest BCUT2D eigenvalue weighted by atomic mass is 16.7.